The Kier molecular flexibility index (Phi) is 9.09. The number of nitrogens with zero attached hydrogens (tertiary/aromatic N) is 1. The molecule has 0 aromatic heterocycles. The topological polar surface area (TPSA) is 27.3 Å². The third-order valence-corrected chi connectivity index (χ3v) is 8.05. The maximum absolute atomic E-state index is 3.86. The molecule has 0 radical (unpaired) electrons. The molecule has 152 valence electrons. The fourth-order valence-electron chi connectivity index (χ4n) is 5.23. The molecule has 2 heterocycles. The van der Waals surface area contributed by atoms with Crippen LogP contribution in [0, 0.1) is 0 Å². The van der Waals surface area contributed by atoms with Gasteiger partial charge in [-0.3, -0.25) is 4.90 Å². The van der Waals surface area contributed by atoms with Crippen LogP contribution >= 0.6 is 11.8 Å². The second kappa shape index (κ2) is 11.3. The van der Waals surface area contributed by atoms with Crippen molar-refractivity contribution in [2.75, 3.05) is 25.4 Å². The van der Waals surface area contributed by atoms with E-state index in [4.69, 9.17) is 0 Å². The molecule has 2 aliphatic heterocycles. The summed E-state index contributed by atoms with van der Waals surface area (Å²) in [6, 6.07) is 2.83. The van der Waals surface area contributed by atoms with Crippen molar-refractivity contribution in [2.24, 2.45) is 0 Å². The lowest BCUT2D eigenvalue weighted by Crippen LogP contribution is -2.52. The molecular weight excluding hydrogens is 338 g/mol. The van der Waals surface area contributed by atoms with Crippen molar-refractivity contribution in [2.45, 2.75) is 114 Å². The molecule has 4 heteroatoms. The zero-order chi connectivity index (χ0) is 18.2. The Morgan fingerprint density at radius 1 is 0.731 bits per heavy atom. The van der Waals surface area contributed by atoms with Gasteiger partial charge in [0.15, 0.2) is 0 Å². The quantitative estimate of drug-likeness (QED) is 0.651. The number of rotatable bonds is 8. The number of piperidine rings is 2. The first-order valence-electron chi connectivity index (χ1n) is 11.5. The van der Waals surface area contributed by atoms with Crippen LogP contribution in [0.15, 0.2) is 0 Å². The predicted molar refractivity (Wildman–Crippen MR) is 116 cm³/mol. The van der Waals surface area contributed by atoms with Crippen molar-refractivity contribution in [1.29, 1.82) is 0 Å². The largest absolute Gasteiger partial charge is 0.310 e. The second-order valence-electron chi connectivity index (χ2n) is 9.28. The normalized spacial score (nSPS) is 34.3. The van der Waals surface area contributed by atoms with Crippen LogP contribution in [0.5, 0.6) is 0 Å². The predicted octanol–water partition coefficient (Wildman–Crippen LogP) is 4.42. The maximum Gasteiger partial charge on any atom is 0.0197 e. The summed E-state index contributed by atoms with van der Waals surface area (Å²) in [7, 11) is 0. The Hall–Kier alpha value is 0.230. The van der Waals surface area contributed by atoms with Gasteiger partial charge in [0.2, 0.25) is 0 Å². The lowest BCUT2D eigenvalue weighted by Gasteiger charge is -2.37. The van der Waals surface area contributed by atoms with Crippen molar-refractivity contribution in [3.05, 3.63) is 0 Å². The first-order chi connectivity index (χ1) is 12.7. The van der Waals surface area contributed by atoms with Crippen LogP contribution in [0.1, 0.15) is 84.5 Å². The maximum atomic E-state index is 3.86. The van der Waals surface area contributed by atoms with Crippen LogP contribution in [-0.4, -0.2) is 59.7 Å². The number of thioether (sulfide) groups is 1. The molecule has 1 saturated carbocycles. The molecule has 3 rings (SSSR count). The molecule has 26 heavy (non-hydrogen) atoms. The number of nitrogens with one attached hydrogen (secondary N) is 2. The molecule has 4 unspecified atom stereocenters. The van der Waals surface area contributed by atoms with E-state index in [9.17, 15) is 0 Å². The van der Waals surface area contributed by atoms with Gasteiger partial charge in [-0.15, -0.1) is 0 Å². The number of hydrogen-bond donors (Lipinski definition) is 2. The Bertz CT molecular complexity index is 362. The van der Waals surface area contributed by atoms with E-state index in [1.165, 1.54) is 96.0 Å². The highest BCUT2D eigenvalue weighted by Gasteiger charge is 2.24. The Balaban J connectivity index is 1.46. The summed E-state index contributed by atoms with van der Waals surface area (Å²) in [4.78, 5) is 2.79. The van der Waals surface area contributed by atoms with Gasteiger partial charge in [0.1, 0.15) is 0 Å². The molecule has 0 amide bonds. The van der Waals surface area contributed by atoms with Crippen LogP contribution in [0.3, 0.4) is 0 Å². The zero-order valence-electron chi connectivity index (χ0n) is 17.3. The highest BCUT2D eigenvalue weighted by molar-refractivity contribution is 7.99. The van der Waals surface area contributed by atoms with Gasteiger partial charge in [0, 0.05) is 54.8 Å². The Morgan fingerprint density at radius 2 is 1.31 bits per heavy atom. The van der Waals surface area contributed by atoms with Gasteiger partial charge in [0.25, 0.3) is 0 Å². The molecule has 4 atom stereocenters. The van der Waals surface area contributed by atoms with Crippen molar-refractivity contribution in [1.82, 2.24) is 15.5 Å². The average molecular weight is 382 g/mol. The molecule has 0 aromatic carbocycles. The summed E-state index contributed by atoms with van der Waals surface area (Å²) < 4.78 is 0. The van der Waals surface area contributed by atoms with E-state index < -0.39 is 0 Å². The highest BCUT2D eigenvalue weighted by atomic mass is 32.2. The molecule has 0 bridgehead atoms. The summed E-state index contributed by atoms with van der Waals surface area (Å²) in [5.41, 5.74) is 0. The van der Waals surface area contributed by atoms with Crippen LogP contribution < -0.4 is 10.6 Å². The van der Waals surface area contributed by atoms with Crippen molar-refractivity contribution in [3.63, 3.8) is 0 Å². The van der Waals surface area contributed by atoms with Gasteiger partial charge in [-0.1, -0.05) is 32.1 Å². The summed E-state index contributed by atoms with van der Waals surface area (Å²) in [6.45, 7) is 8.50. The second-order valence-corrected chi connectivity index (χ2v) is 10.7. The summed E-state index contributed by atoms with van der Waals surface area (Å²) in [6.07, 6.45) is 15.6. The van der Waals surface area contributed by atoms with Crippen LogP contribution in [0.2, 0.25) is 0 Å². The van der Waals surface area contributed by atoms with Crippen molar-refractivity contribution >= 4 is 11.8 Å². The smallest absolute Gasteiger partial charge is 0.0197 e. The molecule has 3 aliphatic rings. The third-order valence-electron chi connectivity index (χ3n) is 6.69. The van der Waals surface area contributed by atoms with Gasteiger partial charge in [-0.2, -0.15) is 11.8 Å². The molecule has 3 fully saturated rings. The van der Waals surface area contributed by atoms with E-state index in [2.05, 4.69) is 41.1 Å². The van der Waals surface area contributed by atoms with E-state index in [0.29, 0.717) is 24.2 Å². The first-order valence-corrected chi connectivity index (χ1v) is 12.6. The monoisotopic (exact) mass is 381 g/mol. The Morgan fingerprint density at radius 3 is 1.85 bits per heavy atom. The lowest BCUT2D eigenvalue weighted by molar-refractivity contribution is 0.183. The molecular formula is C22H43N3S. The molecule has 1 aliphatic carbocycles. The van der Waals surface area contributed by atoms with Crippen molar-refractivity contribution < 1.29 is 0 Å². The fraction of sp³-hybridized carbons (Fsp3) is 1.00. The minimum atomic E-state index is 0.708. The van der Waals surface area contributed by atoms with Gasteiger partial charge >= 0.3 is 0 Å². The average Bonchev–Trinajstić information content (AvgIpc) is 2.62. The van der Waals surface area contributed by atoms with E-state index in [1.807, 2.05) is 0 Å². The van der Waals surface area contributed by atoms with Gasteiger partial charge in [0.05, 0.1) is 0 Å². The third kappa shape index (κ3) is 7.33. The van der Waals surface area contributed by atoms with Gasteiger partial charge < -0.3 is 10.6 Å². The number of hydrogen-bond acceptors (Lipinski definition) is 4. The highest BCUT2D eigenvalue weighted by Crippen LogP contribution is 2.28. The van der Waals surface area contributed by atoms with E-state index in [0.717, 1.165) is 5.25 Å². The van der Waals surface area contributed by atoms with Crippen LogP contribution in [0.4, 0.5) is 0 Å². The SMILES string of the molecule is CC1CCCC(CN(CCSC2CCCCC2)CC2CCCC(C)N2)N1. The van der Waals surface area contributed by atoms with Crippen LogP contribution in [-0.2, 0) is 0 Å². The summed E-state index contributed by atoms with van der Waals surface area (Å²) in [5, 5.41) is 8.68. The molecule has 2 N–H and O–H groups in total. The minimum absolute atomic E-state index is 0.708. The minimum Gasteiger partial charge on any atom is -0.310 e. The van der Waals surface area contributed by atoms with E-state index >= 15 is 0 Å². The van der Waals surface area contributed by atoms with E-state index in [-0.39, 0.29) is 0 Å². The standard InChI is InChI=1S/C22H43N3S/c1-18-8-6-10-20(23-18)16-25(17-21-11-7-9-19(2)24-21)14-15-26-22-12-4-3-5-13-22/h18-24H,3-17H2,1-2H3. The molecule has 0 aromatic rings. The van der Waals surface area contributed by atoms with Crippen LogP contribution in [0.25, 0.3) is 0 Å². The lowest BCUT2D eigenvalue weighted by atomic mass is 9.97. The fourth-order valence-corrected chi connectivity index (χ4v) is 6.59. The zero-order valence-corrected chi connectivity index (χ0v) is 18.2. The molecule has 3 nitrogen and oxygen atoms in total. The van der Waals surface area contributed by atoms with Crippen molar-refractivity contribution in [3.8, 4) is 0 Å². The molecule has 2 saturated heterocycles. The van der Waals surface area contributed by atoms with Gasteiger partial charge in [-0.25, -0.2) is 0 Å². The van der Waals surface area contributed by atoms with Gasteiger partial charge in [-0.05, 0) is 52.4 Å². The molecule has 0 spiro atoms. The van der Waals surface area contributed by atoms with E-state index in [1.54, 1.807) is 0 Å². The summed E-state index contributed by atoms with van der Waals surface area (Å²) >= 11 is 2.27. The Labute approximate surface area is 166 Å². The summed E-state index contributed by atoms with van der Waals surface area (Å²) in [5.74, 6) is 1.33. The first kappa shape index (κ1) is 21.0.